The van der Waals surface area contributed by atoms with E-state index in [-0.39, 0.29) is 11.7 Å². The molecule has 0 spiro atoms. The molecule has 0 saturated heterocycles. The predicted octanol–water partition coefficient (Wildman–Crippen LogP) is 4.32. The van der Waals surface area contributed by atoms with Gasteiger partial charge < -0.3 is 14.8 Å². The number of aromatic nitrogens is 3. The zero-order valence-corrected chi connectivity index (χ0v) is 18.2. The van der Waals surface area contributed by atoms with Gasteiger partial charge in [0, 0.05) is 37.6 Å². The number of nitrogens with zero attached hydrogens (tertiary/aromatic N) is 4. The first-order valence-electron chi connectivity index (χ1n) is 9.75. The van der Waals surface area contributed by atoms with Crippen molar-refractivity contribution in [2.75, 3.05) is 30.1 Å². The van der Waals surface area contributed by atoms with Gasteiger partial charge in [-0.15, -0.1) is 10.2 Å². The Bertz CT molecular complexity index is 966. The van der Waals surface area contributed by atoms with Crippen molar-refractivity contribution in [3.8, 4) is 11.4 Å². The molecular weight excluding hydrogens is 382 g/mol. The second-order valence-corrected chi connectivity index (χ2v) is 7.78. The normalized spacial score (nSPS) is 10.8. The van der Waals surface area contributed by atoms with Crippen LogP contribution in [0.1, 0.15) is 19.4 Å². The molecule has 29 heavy (non-hydrogen) atoms. The molecule has 1 heterocycles. The number of benzene rings is 2. The number of aryl methyl sites for hydroxylation is 1. The number of para-hydroxylation sites is 1. The molecule has 0 aliphatic heterocycles. The lowest BCUT2D eigenvalue weighted by molar-refractivity contribution is -0.113. The third-order valence-electron chi connectivity index (χ3n) is 4.68. The molecule has 3 aromatic rings. The quantitative estimate of drug-likeness (QED) is 0.561. The van der Waals surface area contributed by atoms with E-state index in [1.165, 1.54) is 11.8 Å². The van der Waals surface area contributed by atoms with Gasteiger partial charge in [-0.05, 0) is 49.2 Å². The highest BCUT2D eigenvalue weighted by atomic mass is 32.2. The van der Waals surface area contributed by atoms with E-state index in [1.54, 1.807) is 0 Å². The minimum absolute atomic E-state index is 0.0431. The van der Waals surface area contributed by atoms with Crippen molar-refractivity contribution in [1.82, 2.24) is 14.8 Å². The number of thioether (sulfide) groups is 1. The molecule has 0 aliphatic rings. The van der Waals surface area contributed by atoms with Crippen LogP contribution in [0.2, 0.25) is 0 Å². The molecule has 0 aliphatic carbocycles. The SMILES string of the molecule is CCc1ccccc1NC(=O)CSc1nnc(-c2ccc(N(C)C)cc2)n1CC. The molecule has 1 aromatic heterocycles. The fourth-order valence-corrected chi connectivity index (χ4v) is 3.87. The molecule has 7 heteroatoms. The Balaban J connectivity index is 1.69. The summed E-state index contributed by atoms with van der Waals surface area (Å²) in [5, 5.41) is 12.4. The summed E-state index contributed by atoms with van der Waals surface area (Å²) in [7, 11) is 4.03. The van der Waals surface area contributed by atoms with Crippen molar-refractivity contribution in [3.05, 3.63) is 54.1 Å². The molecule has 0 unspecified atom stereocenters. The Morgan fingerprint density at radius 1 is 1.07 bits per heavy atom. The van der Waals surface area contributed by atoms with Gasteiger partial charge in [-0.3, -0.25) is 4.79 Å². The highest BCUT2D eigenvalue weighted by Gasteiger charge is 2.15. The number of hydrogen-bond donors (Lipinski definition) is 1. The van der Waals surface area contributed by atoms with Crippen molar-refractivity contribution in [1.29, 1.82) is 0 Å². The molecule has 0 bridgehead atoms. The topological polar surface area (TPSA) is 63.1 Å². The minimum Gasteiger partial charge on any atom is -0.378 e. The first-order chi connectivity index (χ1) is 14.0. The van der Waals surface area contributed by atoms with Gasteiger partial charge in [0.1, 0.15) is 0 Å². The van der Waals surface area contributed by atoms with Crippen LogP contribution in [0.4, 0.5) is 11.4 Å². The number of anilines is 2. The first kappa shape index (κ1) is 20.9. The van der Waals surface area contributed by atoms with Crippen LogP contribution in [0.15, 0.2) is 53.7 Å². The Morgan fingerprint density at radius 3 is 2.45 bits per heavy atom. The highest BCUT2D eigenvalue weighted by molar-refractivity contribution is 7.99. The monoisotopic (exact) mass is 409 g/mol. The molecule has 3 rings (SSSR count). The Kier molecular flexibility index (Phi) is 6.93. The predicted molar refractivity (Wildman–Crippen MR) is 121 cm³/mol. The van der Waals surface area contributed by atoms with Crippen molar-refractivity contribution < 1.29 is 4.79 Å². The summed E-state index contributed by atoms with van der Waals surface area (Å²) in [5.41, 5.74) is 4.15. The van der Waals surface area contributed by atoms with Gasteiger partial charge in [0.15, 0.2) is 11.0 Å². The molecule has 0 fully saturated rings. The van der Waals surface area contributed by atoms with Crippen LogP contribution in [-0.4, -0.2) is 40.5 Å². The molecule has 1 N–H and O–H groups in total. The maximum Gasteiger partial charge on any atom is 0.234 e. The largest absolute Gasteiger partial charge is 0.378 e. The zero-order chi connectivity index (χ0) is 20.8. The number of carbonyl (C=O) groups is 1. The molecule has 0 atom stereocenters. The van der Waals surface area contributed by atoms with Crippen LogP contribution in [0.5, 0.6) is 0 Å². The van der Waals surface area contributed by atoms with E-state index in [9.17, 15) is 4.79 Å². The van der Waals surface area contributed by atoms with E-state index in [1.807, 2.05) is 55.1 Å². The Labute approximate surface area is 176 Å². The van der Waals surface area contributed by atoms with Crippen LogP contribution >= 0.6 is 11.8 Å². The van der Waals surface area contributed by atoms with E-state index in [2.05, 4.69) is 46.4 Å². The van der Waals surface area contributed by atoms with Gasteiger partial charge >= 0.3 is 0 Å². The summed E-state index contributed by atoms with van der Waals surface area (Å²) in [5.74, 6) is 1.06. The van der Waals surface area contributed by atoms with E-state index in [0.717, 1.165) is 46.4 Å². The van der Waals surface area contributed by atoms with Crippen molar-refractivity contribution in [2.45, 2.75) is 32.0 Å². The fourth-order valence-electron chi connectivity index (χ4n) is 3.07. The van der Waals surface area contributed by atoms with Crippen molar-refractivity contribution in [3.63, 3.8) is 0 Å². The lowest BCUT2D eigenvalue weighted by Gasteiger charge is -2.13. The van der Waals surface area contributed by atoms with Gasteiger partial charge in [0.2, 0.25) is 5.91 Å². The smallest absolute Gasteiger partial charge is 0.234 e. The lowest BCUT2D eigenvalue weighted by Crippen LogP contribution is -2.15. The number of nitrogens with one attached hydrogen (secondary N) is 1. The van der Waals surface area contributed by atoms with Gasteiger partial charge in [-0.2, -0.15) is 0 Å². The van der Waals surface area contributed by atoms with Crippen LogP contribution in [0.25, 0.3) is 11.4 Å². The van der Waals surface area contributed by atoms with Gasteiger partial charge in [-0.25, -0.2) is 0 Å². The number of hydrogen-bond acceptors (Lipinski definition) is 5. The Morgan fingerprint density at radius 2 is 1.79 bits per heavy atom. The summed E-state index contributed by atoms with van der Waals surface area (Å²) in [6.07, 6.45) is 0.879. The van der Waals surface area contributed by atoms with Gasteiger partial charge in [0.05, 0.1) is 5.75 Å². The highest BCUT2D eigenvalue weighted by Crippen LogP contribution is 2.26. The Hall–Kier alpha value is -2.80. The maximum atomic E-state index is 12.4. The first-order valence-corrected chi connectivity index (χ1v) is 10.7. The summed E-state index contributed by atoms with van der Waals surface area (Å²) in [4.78, 5) is 14.5. The van der Waals surface area contributed by atoms with Crippen LogP contribution in [0, 0.1) is 0 Å². The molecule has 152 valence electrons. The third kappa shape index (κ3) is 4.98. The van der Waals surface area contributed by atoms with Crippen molar-refractivity contribution in [2.24, 2.45) is 0 Å². The summed E-state index contributed by atoms with van der Waals surface area (Å²) >= 11 is 1.41. The van der Waals surface area contributed by atoms with E-state index in [0.29, 0.717) is 0 Å². The second-order valence-electron chi connectivity index (χ2n) is 6.84. The van der Waals surface area contributed by atoms with Crippen molar-refractivity contribution >= 4 is 29.0 Å². The third-order valence-corrected chi connectivity index (χ3v) is 5.65. The molecular formula is C22H27N5OS. The van der Waals surface area contributed by atoms with E-state index in [4.69, 9.17) is 0 Å². The second kappa shape index (κ2) is 9.60. The number of carbonyl (C=O) groups excluding carboxylic acids is 1. The van der Waals surface area contributed by atoms with E-state index >= 15 is 0 Å². The van der Waals surface area contributed by atoms with Gasteiger partial charge in [0.25, 0.3) is 0 Å². The zero-order valence-electron chi connectivity index (χ0n) is 17.3. The fraction of sp³-hybridized carbons (Fsp3) is 0.318. The maximum absolute atomic E-state index is 12.4. The molecule has 0 saturated carbocycles. The molecule has 6 nitrogen and oxygen atoms in total. The molecule has 2 aromatic carbocycles. The minimum atomic E-state index is -0.0431. The van der Waals surface area contributed by atoms with Gasteiger partial charge in [-0.1, -0.05) is 36.9 Å². The van der Waals surface area contributed by atoms with Crippen LogP contribution in [0.3, 0.4) is 0 Å². The van der Waals surface area contributed by atoms with E-state index < -0.39 is 0 Å². The summed E-state index contributed by atoms with van der Waals surface area (Å²) < 4.78 is 2.04. The standard InChI is InChI=1S/C22H27N5OS/c1-5-16-9-7-8-10-19(16)23-20(28)15-29-22-25-24-21(27(22)6-2)17-11-13-18(14-12-17)26(3)4/h7-14H,5-6,15H2,1-4H3,(H,23,28). The summed E-state index contributed by atoms with van der Waals surface area (Å²) in [6, 6.07) is 16.1. The van der Waals surface area contributed by atoms with Crippen LogP contribution < -0.4 is 10.2 Å². The average molecular weight is 410 g/mol. The number of amides is 1. The average Bonchev–Trinajstić information content (AvgIpc) is 3.15. The van der Waals surface area contributed by atoms with Crippen LogP contribution in [-0.2, 0) is 17.8 Å². The number of rotatable bonds is 8. The summed E-state index contributed by atoms with van der Waals surface area (Å²) in [6.45, 7) is 4.87. The lowest BCUT2D eigenvalue weighted by atomic mass is 10.1. The molecule has 1 amide bonds. The molecule has 0 radical (unpaired) electrons.